The molecule has 0 amide bonds. The number of hydrogen-bond acceptors (Lipinski definition) is 6. The SMILES string of the molecule is CC[C@]1(c2ccc(OC)c(OC)c2)CCC(OC(=O)CCOC)=CC1N(C)C. The van der Waals surface area contributed by atoms with E-state index in [9.17, 15) is 4.79 Å². The summed E-state index contributed by atoms with van der Waals surface area (Å²) in [6.07, 6.45) is 4.90. The molecule has 2 atom stereocenters. The number of carbonyl (C=O) groups excluding carboxylic acids is 1. The molecule has 0 radical (unpaired) electrons. The van der Waals surface area contributed by atoms with Crippen LogP contribution in [-0.4, -0.2) is 58.9 Å². The molecule has 0 aliphatic heterocycles. The van der Waals surface area contributed by atoms with Crippen LogP contribution in [0.1, 0.15) is 38.2 Å². The molecule has 6 nitrogen and oxygen atoms in total. The van der Waals surface area contributed by atoms with Crippen LogP contribution in [0.15, 0.2) is 30.0 Å². The highest BCUT2D eigenvalue weighted by Crippen LogP contribution is 2.45. The number of allylic oxidation sites excluding steroid dienone is 1. The normalized spacial score (nSPS) is 22.0. The van der Waals surface area contributed by atoms with E-state index >= 15 is 0 Å². The number of ether oxygens (including phenoxy) is 4. The summed E-state index contributed by atoms with van der Waals surface area (Å²) >= 11 is 0. The summed E-state index contributed by atoms with van der Waals surface area (Å²) < 4.78 is 21.5. The van der Waals surface area contributed by atoms with Gasteiger partial charge in [0.15, 0.2) is 11.5 Å². The maximum absolute atomic E-state index is 12.0. The van der Waals surface area contributed by atoms with Gasteiger partial charge in [-0.15, -0.1) is 0 Å². The van der Waals surface area contributed by atoms with Crippen molar-refractivity contribution < 1.29 is 23.7 Å². The van der Waals surface area contributed by atoms with Crippen LogP contribution in [0.3, 0.4) is 0 Å². The molecular formula is C22H33NO5. The van der Waals surface area contributed by atoms with Crippen LogP contribution in [0, 0.1) is 0 Å². The molecule has 6 heteroatoms. The Hall–Kier alpha value is -2.05. The van der Waals surface area contributed by atoms with Gasteiger partial charge >= 0.3 is 5.97 Å². The van der Waals surface area contributed by atoms with Crippen molar-refractivity contribution in [3.05, 3.63) is 35.6 Å². The third kappa shape index (κ3) is 4.67. The van der Waals surface area contributed by atoms with Gasteiger partial charge in [-0.05, 0) is 50.7 Å². The molecule has 0 N–H and O–H groups in total. The lowest BCUT2D eigenvalue weighted by atomic mass is 9.66. The van der Waals surface area contributed by atoms with Gasteiger partial charge in [0, 0.05) is 25.0 Å². The zero-order chi connectivity index (χ0) is 20.7. The predicted molar refractivity (Wildman–Crippen MR) is 109 cm³/mol. The summed E-state index contributed by atoms with van der Waals surface area (Å²) in [5.41, 5.74) is 1.10. The van der Waals surface area contributed by atoms with E-state index in [2.05, 4.69) is 44.1 Å². The molecule has 28 heavy (non-hydrogen) atoms. The number of rotatable bonds is 9. The van der Waals surface area contributed by atoms with Gasteiger partial charge in [-0.1, -0.05) is 13.0 Å². The second kappa shape index (κ2) is 9.94. The van der Waals surface area contributed by atoms with E-state index in [-0.39, 0.29) is 23.8 Å². The highest BCUT2D eigenvalue weighted by Gasteiger charge is 2.42. The predicted octanol–water partition coefficient (Wildman–Crippen LogP) is 3.54. The van der Waals surface area contributed by atoms with Gasteiger partial charge in [0.05, 0.1) is 27.2 Å². The maximum Gasteiger partial charge on any atom is 0.313 e. The van der Waals surface area contributed by atoms with Gasteiger partial charge in [-0.25, -0.2) is 0 Å². The summed E-state index contributed by atoms with van der Waals surface area (Å²) in [5, 5.41) is 0. The van der Waals surface area contributed by atoms with Crippen molar-refractivity contribution in [1.82, 2.24) is 4.90 Å². The average Bonchev–Trinajstić information content (AvgIpc) is 2.71. The Bertz CT molecular complexity index is 700. The number of nitrogens with zero attached hydrogens (tertiary/aromatic N) is 1. The van der Waals surface area contributed by atoms with Crippen LogP contribution in [0.5, 0.6) is 11.5 Å². The first-order valence-electron chi connectivity index (χ1n) is 9.71. The zero-order valence-electron chi connectivity index (χ0n) is 17.9. The van der Waals surface area contributed by atoms with Crippen molar-refractivity contribution in [3.63, 3.8) is 0 Å². The lowest BCUT2D eigenvalue weighted by molar-refractivity contribution is -0.141. The number of hydrogen-bond donors (Lipinski definition) is 0. The summed E-state index contributed by atoms with van der Waals surface area (Å²) in [7, 11) is 8.99. The van der Waals surface area contributed by atoms with Gasteiger partial charge in [-0.3, -0.25) is 4.79 Å². The van der Waals surface area contributed by atoms with E-state index in [1.807, 2.05) is 6.07 Å². The number of carbonyl (C=O) groups is 1. The molecule has 1 aliphatic rings. The number of methoxy groups -OCH3 is 3. The van der Waals surface area contributed by atoms with Crippen LogP contribution in [0.25, 0.3) is 0 Å². The minimum Gasteiger partial charge on any atom is -0.493 e. The van der Waals surface area contributed by atoms with Crippen LogP contribution >= 0.6 is 0 Å². The highest BCUT2D eigenvalue weighted by molar-refractivity contribution is 5.70. The molecule has 156 valence electrons. The Balaban J connectivity index is 2.37. The molecule has 0 aromatic heterocycles. The molecule has 1 aromatic rings. The molecule has 0 fully saturated rings. The summed E-state index contributed by atoms with van der Waals surface area (Å²) in [5.74, 6) is 1.94. The summed E-state index contributed by atoms with van der Waals surface area (Å²) in [4.78, 5) is 14.2. The fourth-order valence-electron chi connectivity index (χ4n) is 4.08. The molecule has 2 rings (SSSR count). The van der Waals surface area contributed by atoms with E-state index in [1.54, 1.807) is 21.3 Å². The summed E-state index contributed by atoms with van der Waals surface area (Å²) in [6, 6.07) is 6.24. The molecule has 0 spiro atoms. The molecule has 0 bridgehead atoms. The Kier molecular flexibility index (Phi) is 7.89. The molecule has 1 aromatic carbocycles. The maximum atomic E-state index is 12.0. The van der Waals surface area contributed by atoms with Crippen molar-refractivity contribution in [2.24, 2.45) is 0 Å². The molecular weight excluding hydrogens is 358 g/mol. The first-order chi connectivity index (χ1) is 13.4. The third-order valence-corrected chi connectivity index (χ3v) is 5.63. The van der Waals surface area contributed by atoms with Gasteiger partial charge in [0.2, 0.25) is 0 Å². The number of likely N-dealkylation sites (N-methyl/N-ethyl adjacent to an activating group) is 1. The van der Waals surface area contributed by atoms with Crippen molar-refractivity contribution in [2.45, 2.75) is 44.1 Å². The monoisotopic (exact) mass is 391 g/mol. The first-order valence-corrected chi connectivity index (χ1v) is 9.71. The Morgan fingerprint density at radius 2 is 1.89 bits per heavy atom. The van der Waals surface area contributed by atoms with E-state index in [0.29, 0.717) is 13.0 Å². The Morgan fingerprint density at radius 3 is 2.46 bits per heavy atom. The van der Waals surface area contributed by atoms with Gasteiger partial charge < -0.3 is 23.8 Å². The summed E-state index contributed by atoms with van der Waals surface area (Å²) in [6.45, 7) is 2.57. The fraction of sp³-hybridized carbons (Fsp3) is 0.591. The average molecular weight is 392 g/mol. The molecule has 1 unspecified atom stereocenters. The topological polar surface area (TPSA) is 57.2 Å². The molecule has 0 saturated carbocycles. The zero-order valence-corrected chi connectivity index (χ0v) is 17.9. The quantitative estimate of drug-likeness (QED) is 0.600. The van der Waals surface area contributed by atoms with E-state index in [4.69, 9.17) is 18.9 Å². The number of esters is 1. The lowest BCUT2D eigenvalue weighted by Gasteiger charge is -2.45. The standard InChI is InChI=1S/C22H33NO5/c1-7-22(16-8-9-18(26-5)19(14-16)27-6)12-10-17(15-20(22)23(2)3)28-21(24)11-13-25-4/h8-9,14-15,20H,7,10-13H2,1-6H3/t20?,22-/m1/s1. The molecule has 0 saturated heterocycles. The van der Waals surface area contributed by atoms with E-state index in [0.717, 1.165) is 30.1 Å². The fourth-order valence-corrected chi connectivity index (χ4v) is 4.08. The second-order valence-corrected chi connectivity index (χ2v) is 7.34. The van der Waals surface area contributed by atoms with Crippen molar-refractivity contribution in [2.75, 3.05) is 42.0 Å². The highest BCUT2D eigenvalue weighted by atomic mass is 16.5. The largest absolute Gasteiger partial charge is 0.493 e. The van der Waals surface area contributed by atoms with E-state index in [1.165, 1.54) is 5.56 Å². The minimum atomic E-state index is -0.249. The van der Waals surface area contributed by atoms with Crippen molar-refractivity contribution in [3.8, 4) is 11.5 Å². The Labute approximate surface area is 168 Å². The molecule has 1 aliphatic carbocycles. The number of benzene rings is 1. The van der Waals surface area contributed by atoms with Crippen LogP contribution in [0.4, 0.5) is 0 Å². The van der Waals surface area contributed by atoms with E-state index < -0.39 is 0 Å². The first kappa shape index (κ1) is 22.2. The minimum absolute atomic E-state index is 0.0922. The van der Waals surface area contributed by atoms with Gasteiger partial charge in [0.1, 0.15) is 5.76 Å². The third-order valence-electron chi connectivity index (χ3n) is 5.63. The van der Waals surface area contributed by atoms with Gasteiger partial charge in [-0.2, -0.15) is 0 Å². The van der Waals surface area contributed by atoms with Crippen LogP contribution in [0.2, 0.25) is 0 Å². The van der Waals surface area contributed by atoms with Crippen LogP contribution in [-0.2, 0) is 19.7 Å². The smallest absolute Gasteiger partial charge is 0.313 e. The van der Waals surface area contributed by atoms with Gasteiger partial charge in [0.25, 0.3) is 0 Å². The van der Waals surface area contributed by atoms with Crippen molar-refractivity contribution >= 4 is 5.97 Å². The lowest BCUT2D eigenvalue weighted by Crippen LogP contribution is -2.48. The van der Waals surface area contributed by atoms with Crippen molar-refractivity contribution in [1.29, 1.82) is 0 Å². The second-order valence-electron chi connectivity index (χ2n) is 7.34. The molecule has 0 heterocycles. The Morgan fingerprint density at radius 1 is 1.18 bits per heavy atom. The van der Waals surface area contributed by atoms with Crippen LogP contribution < -0.4 is 9.47 Å².